The van der Waals surface area contributed by atoms with Gasteiger partial charge in [-0.15, -0.1) is 11.3 Å². The highest BCUT2D eigenvalue weighted by molar-refractivity contribution is 7.13. The minimum absolute atomic E-state index is 0.175. The Morgan fingerprint density at radius 2 is 2.27 bits per heavy atom. The fourth-order valence-corrected chi connectivity index (χ4v) is 2.34. The average molecular weight is 239 g/mol. The Bertz CT molecular complexity index is 495. The third-order valence-electron chi connectivity index (χ3n) is 1.90. The van der Waals surface area contributed by atoms with Crippen molar-refractivity contribution < 1.29 is 4.79 Å². The Morgan fingerprint density at radius 3 is 2.80 bits per heavy atom. The van der Waals surface area contributed by atoms with Crippen molar-refractivity contribution in [1.82, 2.24) is 9.97 Å². The number of hydrogen-bond donors (Lipinski definition) is 0. The molecule has 2 aromatic heterocycles. The quantitative estimate of drug-likeness (QED) is 0.756. The van der Waals surface area contributed by atoms with Crippen LogP contribution in [0.2, 0.25) is 5.02 Å². The summed E-state index contributed by atoms with van der Waals surface area (Å²) in [6, 6.07) is 0. The zero-order valence-corrected chi connectivity index (χ0v) is 9.47. The number of hydrogen-bond acceptors (Lipinski definition) is 4. The number of carbonyl (C=O) groups is 1. The van der Waals surface area contributed by atoms with Crippen LogP contribution in [0.5, 0.6) is 0 Å². The van der Waals surface area contributed by atoms with E-state index in [9.17, 15) is 4.79 Å². The summed E-state index contributed by atoms with van der Waals surface area (Å²) < 4.78 is 0. The molecule has 0 atom stereocenters. The standard InChI is InChI=1S/C10H7ClN2OS/c1-6-5-15-10(8(6)11)9(14)7-4-12-2-3-13-7/h2-5H,1H3. The first-order valence-corrected chi connectivity index (χ1v) is 5.50. The normalized spacial score (nSPS) is 10.3. The van der Waals surface area contributed by atoms with Crippen molar-refractivity contribution in [2.45, 2.75) is 6.92 Å². The molecule has 0 bridgehead atoms. The van der Waals surface area contributed by atoms with Crippen LogP contribution >= 0.6 is 22.9 Å². The molecule has 0 aliphatic heterocycles. The van der Waals surface area contributed by atoms with Crippen LogP contribution in [-0.4, -0.2) is 15.8 Å². The molecule has 0 aromatic carbocycles. The summed E-state index contributed by atoms with van der Waals surface area (Å²) in [7, 11) is 0. The Labute approximate surface area is 95.8 Å². The molecule has 3 nitrogen and oxygen atoms in total. The molecule has 15 heavy (non-hydrogen) atoms. The van der Waals surface area contributed by atoms with Crippen molar-refractivity contribution in [3.05, 3.63) is 45.1 Å². The smallest absolute Gasteiger partial charge is 0.224 e. The molecule has 0 aliphatic rings. The third kappa shape index (κ3) is 1.91. The predicted molar refractivity (Wildman–Crippen MR) is 59.5 cm³/mol. The molecule has 76 valence electrons. The van der Waals surface area contributed by atoms with Gasteiger partial charge in [-0.05, 0) is 17.9 Å². The summed E-state index contributed by atoms with van der Waals surface area (Å²) in [4.78, 5) is 20.2. The number of ketones is 1. The Balaban J connectivity index is 2.42. The van der Waals surface area contributed by atoms with Crippen molar-refractivity contribution >= 4 is 28.7 Å². The van der Waals surface area contributed by atoms with Gasteiger partial charge < -0.3 is 0 Å². The molecule has 2 heterocycles. The van der Waals surface area contributed by atoms with Crippen LogP contribution in [0, 0.1) is 6.92 Å². The maximum Gasteiger partial charge on any atom is 0.224 e. The molecule has 2 aromatic rings. The summed E-state index contributed by atoms with van der Waals surface area (Å²) in [6.07, 6.45) is 4.45. The van der Waals surface area contributed by atoms with Crippen molar-refractivity contribution in [2.75, 3.05) is 0 Å². The summed E-state index contributed by atoms with van der Waals surface area (Å²) in [5, 5.41) is 2.36. The van der Waals surface area contributed by atoms with Crippen molar-refractivity contribution in [2.24, 2.45) is 0 Å². The van der Waals surface area contributed by atoms with Crippen LogP contribution in [0.3, 0.4) is 0 Å². The maximum absolute atomic E-state index is 11.9. The van der Waals surface area contributed by atoms with Crippen LogP contribution in [0.1, 0.15) is 20.9 Å². The van der Waals surface area contributed by atoms with E-state index in [0.29, 0.717) is 15.6 Å². The van der Waals surface area contributed by atoms with Gasteiger partial charge in [-0.25, -0.2) is 4.98 Å². The highest BCUT2D eigenvalue weighted by atomic mass is 35.5. The Hall–Kier alpha value is -1.26. The SMILES string of the molecule is Cc1csc(C(=O)c2cnccn2)c1Cl. The monoisotopic (exact) mass is 238 g/mol. The first-order chi connectivity index (χ1) is 7.20. The first-order valence-electron chi connectivity index (χ1n) is 4.24. The lowest BCUT2D eigenvalue weighted by Gasteiger charge is -1.96. The second-order valence-electron chi connectivity index (χ2n) is 2.98. The van der Waals surface area contributed by atoms with E-state index in [1.807, 2.05) is 12.3 Å². The minimum atomic E-state index is -0.175. The third-order valence-corrected chi connectivity index (χ3v) is 3.60. The van der Waals surface area contributed by atoms with Crippen molar-refractivity contribution in [1.29, 1.82) is 0 Å². The van der Waals surface area contributed by atoms with Gasteiger partial charge in [0.25, 0.3) is 0 Å². The van der Waals surface area contributed by atoms with Gasteiger partial charge in [-0.2, -0.15) is 0 Å². The molecule has 0 N–H and O–H groups in total. The zero-order chi connectivity index (χ0) is 10.8. The fraction of sp³-hybridized carbons (Fsp3) is 0.100. The molecule has 0 amide bonds. The number of rotatable bonds is 2. The van der Waals surface area contributed by atoms with Crippen LogP contribution in [-0.2, 0) is 0 Å². The molecule has 2 rings (SSSR count). The topological polar surface area (TPSA) is 42.9 Å². The molecule has 0 spiro atoms. The molecule has 5 heteroatoms. The van der Waals surface area contributed by atoms with Gasteiger partial charge >= 0.3 is 0 Å². The van der Waals surface area contributed by atoms with E-state index < -0.39 is 0 Å². The highest BCUT2D eigenvalue weighted by Crippen LogP contribution is 2.28. The first kappa shape index (κ1) is 10.3. The van der Waals surface area contributed by atoms with Gasteiger partial charge in [0.1, 0.15) is 5.69 Å². The van der Waals surface area contributed by atoms with E-state index in [1.54, 1.807) is 0 Å². The lowest BCUT2D eigenvalue weighted by atomic mass is 10.2. The molecule has 0 radical (unpaired) electrons. The van der Waals surface area contributed by atoms with Crippen LogP contribution in [0.4, 0.5) is 0 Å². The minimum Gasteiger partial charge on any atom is -0.286 e. The number of thiophene rings is 1. The lowest BCUT2D eigenvalue weighted by Crippen LogP contribution is -2.02. The lowest BCUT2D eigenvalue weighted by molar-refractivity contribution is 0.103. The van der Waals surface area contributed by atoms with E-state index in [0.717, 1.165) is 5.56 Å². The Kier molecular flexibility index (Phi) is 2.79. The van der Waals surface area contributed by atoms with E-state index >= 15 is 0 Å². The Morgan fingerprint density at radius 1 is 1.47 bits per heavy atom. The molecular formula is C10H7ClN2OS. The number of aryl methyl sites for hydroxylation is 1. The number of carbonyl (C=O) groups excluding carboxylic acids is 1. The van der Waals surface area contributed by atoms with Crippen LogP contribution in [0.25, 0.3) is 0 Å². The van der Waals surface area contributed by atoms with E-state index in [1.165, 1.54) is 29.9 Å². The van der Waals surface area contributed by atoms with Crippen LogP contribution < -0.4 is 0 Å². The van der Waals surface area contributed by atoms with Gasteiger partial charge in [0.05, 0.1) is 16.1 Å². The summed E-state index contributed by atoms with van der Waals surface area (Å²) in [5.41, 5.74) is 1.23. The summed E-state index contributed by atoms with van der Waals surface area (Å²) in [6.45, 7) is 1.87. The largest absolute Gasteiger partial charge is 0.286 e. The molecule has 0 saturated heterocycles. The van der Waals surface area contributed by atoms with Gasteiger partial charge in [0, 0.05) is 12.4 Å². The number of nitrogens with zero attached hydrogens (tertiary/aromatic N) is 2. The highest BCUT2D eigenvalue weighted by Gasteiger charge is 2.17. The molecule has 0 fully saturated rings. The molecule has 0 aliphatic carbocycles. The summed E-state index contributed by atoms with van der Waals surface area (Å²) in [5.74, 6) is -0.175. The average Bonchev–Trinajstić information content (AvgIpc) is 2.60. The summed E-state index contributed by atoms with van der Waals surface area (Å²) >= 11 is 7.32. The van der Waals surface area contributed by atoms with Gasteiger partial charge in [0.15, 0.2) is 0 Å². The van der Waals surface area contributed by atoms with Gasteiger partial charge in [-0.3, -0.25) is 9.78 Å². The number of halogens is 1. The van der Waals surface area contributed by atoms with Crippen molar-refractivity contribution in [3.63, 3.8) is 0 Å². The van der Waals surface area contributed by atoms with Crippen LogP contribution in [0.15, 0.2) is 24.0 Å². The van der Waals surface area contributed by atoms with Gasteiger partial charge in [0.2, 0.25) is 5.78 Å². The second-order valence-corrected chi connectivity index (χ2v) is 4.24. The molecule has 0 saturated carbocycles. The predicted octanol–water partition coefficient (Wildman–Crippen LogP) is 2.73. The maximum atomic E-state index is 11.9. The zero-order valence-electron chi connectivity index (χ0n) is 7.90. The molecule has 0 unspecified atom stereocenters. The molecular weight excluding hydrogens is 232 g/mol. The van der Waals surface area contributed by atoms with E-state index in [2.05, 4.69) is 9.97 Å². The van der Waals surface area contributed by atoms with Gasteiger partial charge in [-0.1, -0.05) is 11.6 Å². The van der Waals surface area contributed by atoms with Crippen molar-refractivity contribution in [3.8, 4) is 0 Å². The number of aromatic nitrogens is 2. The van der Waals surface area contributed by atoms with E-state index in [-0.39, 0.29) is 5.78 Å². The van der Waals surface area contributed by atoms with E-state index in [4.69, 9.17) is 11.6 Å². The fourth-order valence-electron chi connectivity index (χ4n) is 1.12. The second kappa shape index (κ2) is 4.08.